The van der Waals surface area contributed by atoms with Crippen LogP contribution < -0.4 is 5.32 Å². The first kappa shape index (κ1) is 18.3. The highest BCUT2D eigenvalue weighted by Gasteiger charge is 2.17. The summed E-state index contributed by atoms with van der Waals surface area (Å²) in [5.74, 6) is -0.905. The summed E-state index contributed by atoms with van der Waals surface area (Å²) < 4.78 is 0. The number of aliphatic hydroxyl groups is 1. The quantitative estimate of drug-likeness (QED) is 0.354. The lowest BCUT2D eigenvalue weighted by Crippen LogP contribution is -2.15. The van der Waals surface area contributed by atoms with Gasteiger partial charge in [0.2, 0.25) is 0 Å². The molecule has 0 radical (unpaired) electrons. The summed E-state index contributed by atoms with van der Waals surface area (Å²) in [4.78, 5) is 16.6. The molecule has 0 bridgehead atoms. The number of carbonyl (C=O) groups excluding carboxylic acids is 1. The molecule has 0 aliphatic carbocycles. The maximum absolute atomic E-state index is 12.7. The van der Waals surface area contributed by atoms with Crippen LogP contribution in [0.5, 0.6) is 0 Å². The van der Waals surface area contributed by atoms with Gasteiger partial charge in [-0.15, -0.1) is 5.11 Å². The van der Waals surface area contributed by atoms with Gasteiger partial charge in [0.15, 0.2) is 11.5 Å². The van der Waals surface area contributed by atoms with E-state index in [1.165, 1.54) is 6.20 Å². The summed E-state index contributed by atoms with van der Waals surface area (Å²) in [6.45, 7) is 0. The molecule has 3 rings (SSSR count). The number of halogens is 1. The van der Waals surface area contributed by atoms with Gasteiger partial charge in [0.1, 0.15) is 0 Å². The van der Waals surface area contributed by atoms with E-state index in [4.69, 9.17) is 11.6 Å². The molecule has 2 N–H and O–H groups in total. The van der Waals surface area contributed by atoms with E-state index < -0.39 is 5.91 Å². The largest absolute Gasteiger partial charge is 0.505 e. The zero-order valence-electron chi connectivity index (χ0n) is 14.1. The third-order valence-electron chi connectivity index (χ3n) is 3.48. The molecule has 27 heavy (non-hydrogen) atoms. The maximum Gasteiger partial charge on any atom is 0.280 e. The predicted molar refractivity (Wildman–Crippen MR) is 105 cm³/mol. The SMILES string of the molecule is O=C(Nc1cccnc1)/C(N=Nc1cccc(Cl)c1)=C(\O)c1ccccc1. The smallest absolute Gasteiger partial charge is 0.280 e. The van der Waals surface area contributed by atoms with E-state index in [1.807, 2.05) is 0 Å². The number of anilines is 1. The molecule has 134 valence electrons. The Kier molecular flexibility index (Phi) is 5.91. The number of rotatable bonds is 5. The Labute approximate surface area is 160 Å². The van der Waals surface area contributed by atoms with Gasteiger partial charge in [-0.1, -0.05) is 48.0 Å². The molecule has 0 unspecified atom stereocenters. The fourth-order valence-corrected chi connectivity index (χ4v) is 2.39. The van der Waals surface area contributed by atoms with Gasteiger partial charge < -0.3 is 10.4 Å². The molecule has 2 aromatic carbocycles. The summed E-state index contributed by atoms with van der Waals surface area (Å²) >= 11 is 5.94. The molecule has 1 aromatic heterocycles. The van der Waals surface area contributed by atoms with E-state index in [0.29, 0.717) is 22.0 Å². The third-order valence-corrected chi connectivity index (χ3v) is 3.71. The second-order valence-electron chi connectivity index (χ2n) is 5.44. The number of pyridine rings is 1. The molecule has 7 heteroatoms. The van der Waals surface area contributed by atoms with Gasteiger partial charge in [0, 0.05) is 16.8 Å². The monoisotopic (exact) mass is 378 g/mol. The molecule has 0 saturated heterocycles. The van der Waals surface area contributed by atoms with Crippen LogP contribution in [0.2, 0.25) is 5.02 Å². The second kappa shape index (κ2) is 8.73. The average molecular weight is 379 g/mol. The van der Waals surface area contributed by atoms with Crippen molar-refractivity contribution >= 4 is 34.6 Å². The molecule has 3 aromatic rings. The Hall–Kier alpha value is -3.51. The number of hydrogen-bond donors (Lipinski definition) is 2. The first-order chi connectivity index (χ1) is 13.1. The van der Waals surface area contributed by atoms with Crippen molar-refractivity contribution in [1.82, 2.24) is 4.98 Å². The fourth-order valence-electron chi connectivity index (χ4n) is 2.21. The van der Waals surface area contributed by atoms with Gasteiger partial charge in [-0.25, -0.2) is 0 Å². The molecule has 6 nitrogen and oxygen atoms in total. The second-order valence-corrected chi connectivity index (χ2v) is 5.88. The summed E-state index contributed by atoms with van der Waals surface area (Å²) in [7, 11) is 0. The summed E-state index contributed by atoms with van der Waals surface area (Å²) in [5.41, 5.74) is 1.14. The van der Waals surface area contributed by atoms with Crippen molar-refractivity contribution in [2.45, 2.75) is 0 Å². The number of carbonyl (C=O) groups is 1. The van der Waals surface area contributed by atoms with Gasteiger partial charge in [-0.3, -0.25) is 9.78 Å². The molecular weight excluding hydrogens is 364 g/mol. The van der Waals surface area contributed by atoms with E-state index in [1.54, 1.807) is 72.9 Å². The number of aliphatic hydroxyl groups excluding tert-OH is 1. The topological polar surface area (TPSA) is 86.9 Å². The minimum absolute atomic E-state index is 0.231. The summed E-state index contributed by atoms with van der Waals surface area (Å²) in [6.07, 6.45) is 3.08. The van der Waals surface area contributed by atoms with Crippen LogP contribution in [0.25, 0.3) is 5.76 Å². The van der Waals surface area contributed by atoms with Crippen LogP contribution in [0.3, 0.4) is 0 Å². The zero-order chi connectivity index (χ0) is 19.1. The van der Waals surface area contributed by atoms with Gasteiger partial charge in [0.05, 0.1) is 17.6 Å². The number of aromatic nitrogens is 1. The van der Waals surface area contributed by atoms with Crippen LogP contribution >= 0.6 is 11.6 Å². The van der Waals surface area contributed by atoms with E-state index >= 15 is 0 Å². The van der Waals surface area contributed by atoms with Crippen molar-refractivity contribution in [3.63, 3.8) is 0 Å². The molecule has 0 saturated carbocycles. The van der Waals surface area contributed by atoms with Crippen molar-refractivity contribution in [3.05, 3.63) is 95.4 Å². The van der Waals surface area contributed by atoms with Gasteiger partial charge >= 0.3 is 0 Å². The molecule has 0 fully saturated rings. The fraction of sp³-hybridized carbons (Fsp3) is 0. The van der Waals surface area contributed by atoms with Crippen LogP contribution in [-0.4, -0.2) is 16.0 Å². The molecule has 0 aliphatic rings. The number of amides is 1. The maximum atomic E-state index is 12.7. The lowest BCUT2D eigenvalue weighted by Gasteiger charge is -2.07. The Morgan fingerprint density at radius 1 is 1.04 bits per heavy atom. The minimum Gasteiger partial charge on any atom is -0.505 e. The lowest BCUT2D eigenvalue weighted by atomic mass is 10.1. The Morgan fingerprint density at radius 2 is 1.85 bits per heavy atom. The van der Waals surface area contributed by atoms with Crippen LogP contribution in [0, 0.1) is 0 Å². The number of benzene rings is 2. The Balaban J connectivity index is 1.97. The zero-order valence-corrected chi connectivity index (χ0v) is 14.8. The molecule has 1 heterocycles. The van der Waals surface area contributed by atoms with Crippen molar-refractivity contribution in [3.8, 4) is 0 Å². The van der Waals surface area contributed by atoms with E-state index in [-0.39, 0.29) is 11.5 Å². The number of nitrogens with zero attached hydrogens (tertiary/aromatic N) is 3. The van der Waals surface area contributed by atoms with E-state index in [9.17, 15) is 9.90 Å². The van der Waals surface area contributed by atoms with Gasteiger partial charge in [-0.05, 0) is 30.3 Å². The summed E-state index contributed by atoms with van der Waals surface area (Å²) in [5, 5.41) is 21.7. The normalized spacial score (nSPS) is 11.9. The van der Waals surface area contributed by atoms with Crippen LogP contribution in [0.15, 0.2) is 95.0 Å². The number of nitrogens with one attached hydrogen (secondary N) is 1. The molecule has 1 amide bonds. The lowest BCUT2D eigenvalue weighted by molar-refractivity contribution is -0.112. The number of azo groups is 1. The molecule has 0 atom stereocenters. The van der Waals surface area contributed by atoms with E-state index in [2.05, 4.69) is 20.5 Å². The van der Waals surface area contributed by atoms with Crippen molar-refractivity contribution < 1.29 is 9.90 Å². The first-order valence-electron chi connectivity index (χ1n) is 8.01. The third kappa shape index (κ3) is 4.99. The van der Waals surface area contributed by atoms with Gasteiger partial charge in [0.25, 0.3) is 5.91 Å². The highest BCUT2D eigenvalue weighted by atomic mass is 35.5. The first-order valence-corrected chi connectivity index (χ1v) is 8.38. The van der Waals surface area contributed by atoms with Crippen LogP contribution in [-0.2, 0) is 4.79 Å². The van der Waals surface area contributed by atoms with Crippen molar-refractivity contribution in [2.75, 3.05) is 5.32 Å². The molecule has 0 spiro atoms. The van der Waals surface area contributed by atoms with Crippen LogP contribution in [0.1, 0.15) is 5.56 Å². The minimum atomic E-state index is -0.616. The summed E-state index contributed by atoms with van der Waals surface area (Å²) in [6, 6.07) is 18.7. The number of hydrogen-bond acceptors (Lipinski definition) is 5. The van der Waals surface area contributed by atoms with Gasteiger partial charge in [-0.2, -0.15) is 5.11 Å². The van der Waals surface area contributed by atoms with Crippen LogP contribution in [0.4, 0.5) is 11.4 Å². The highest BCUT2D eigenvalue weighted by molar-refractivity contribution is 6.30. The van der Waals surface area contributed by atoms with Crippen molar-refractivity contribution in [2.24, 2.45) is 10.2 Å². The predicted octanol–water partition coefficient (Wildman–Crippen LogP) is 5.38. The Morgan fingerprint density at radius 3 is 2.56 bits per heavy atom. The highest BCUT2D eigenvalue weighted by Crippen LogP contribution is 2.23. The van der Waals surface area contributed by atoms with Crippen molar-refractivity contribution in [1.29, 1.82) is 0 Å². The molecule has 0 aliphatic heterocycles. The van der Waals surface area contributed by atoms with E-state index in [0.717, 1.165) is 0 Å². The molecular formula is C20H15ClN4O2. The standard InChI is InChI=1S/C20H15ClN4O2/c21-15-8-4-9-16(12-15)24-25-18(19(26)14-6-2-1-3-7-14)20(27)23-17-10-5-11-22-13-17/h1-13,26H,(H,23,27)/b19-18+,25-24?. The Bertz CT molecular complexity index is 989. The average Bonchev–Trinajstić information content (AvgIpc) is 2.69.